The molecule has 182 valence electrons. The first-order chi connectivity index (χ1) is 16.4. The third-order valence-electron chi connectivity index (χ3n) is 5.28. The number of rotatable bonds is 3. The van der Waals surface area contributed by atoms with Gasteiger partial charge in [-0.15, -0.1) is 9.69 Å². The Morgan fingerprint density at radius 1 is 1.06 bits per heavy atom. The Morgan fingerprint density at radius 3 is 2.37 bits per heavy atom. The fourth-order valence-electron chi connectivity index (χ4n) is 3.75. The average molecular weight is 498 g/mol. The average Bonchev–Trinajstić information content (AvgIpc) is 3.34. The molecule has 0 amide bonds. The fourth-order valence-corrected chi connectivity index (χ4v) is 3.75. The van der Waals surface area contributed by atoms with Crippen LogP contribution in [0.25, 0.3) is 27.9 Å². The summed E-state index contributed by atoms with van der Waals surface area (Å²) in [6.45, 7) is 2.50. The Bertz CT molecular complexity index is 1570. The molecule has 35 heavy (non-hydrogen) atoms. The number of nitrogens with zero attached hydrogens (tertiary/aromatic N) is 6. The van der Waals surface area contributed by atoms with Gasteiger partial charge in [-0.05, 0) is 19.1 Å². The van der Waals surface area contributed by atoms with Crippen molar-refractivity contribution >= 4 is 33.4 Å². The number of hydrogen-bond acceptors (Lipinski definition) is 10. The zero-order valence-corrected chi connectivity index (χ0v) is 19.8. The van der Waals surface area contributed by atoms with E-state index < -0.39 is 16.0 Å². The highest BCUT2D eigenvalue weighted by Crippen LogP contribution is 2.27. The normalized spacial score (nSPS) is 17.5. The topological polar surface area (TPSA) is 157 Å². The van der Waals surface area contributed by atoms with Crippen LogP contribution in [0.1, 0.15) is 5.69 Å². The molecule has 2 aromatic carbocycles. The largest absolute Gasteiger partial charge is 0.759 e. The van der Waals surface area contributed by atoms with Gasteiger partial charge in [0.1, 0.15) is 18.3 Å². The summed E-state index contributed by atoms with van der Waals surface area (Å²) < 4.78 is 39.9. The van der Waals surface area contributed by atoms with Crippen molar-refractivity contribution in [3.05, 3.63) is 70.7 Å². The van der Waals surface area contributed by atoms with Crippen molar-refractivity contribution in [2.24, 2.45) is 5.10 Å². The van der Waals surface area contributed by atoms with Crippen molar-refractivity contribution in [1.29, 1.82) is 0 Å². The molecular formula is C22H21N6O6S-. The minimum absolute atomic E-state index is 0.136. The summed E-state index contributed by atoms with van der Waals surface area (Å²) in [5, 5.41) is 14.5. The van der Waals surface area contributed by atoms with Crippen LogP contribution in [0, 0.1) is 6.92 Å². The molecule has 3 heterocycles. The van der Waals surface area contributed by atoms with E-state index in [2.05, 4.69) is 15.3 Å². The van der Waals surface area contributed by atoms with Gasteiger partial charge in [-0.3, -0.25) is 8.42 Å². The molecule has 0 aliphatic carbocycles. The molecule has 4 aromatic rings. The summed E-state index contributed by atoms with van der Waals surface area (Å²) >= 11 is 0. The molecule has 1 unspecified atom stereocenters. The second kappa shape index (κ2) is 9.03. The van der Waals surface area contributed by atoms with E-state index in [9.17, 15) is 4.79 Å². The zero-order chi connectivity index (χ0) is 25.4. The monoisotopic (exact) mass is 497 g/mol. The van der Waals surface area contributed by atoms with Gasteiger partial charge < -0.3 is 18.4 Å². The molecule has 0 saturated carbocycles. The second-order valence-corrected chi connectivity index (χ2v) is 8.92. The highest BCUT2D eigenvalue weighted by molar-refractivity contribution is 7.79. The molecule has 13 heteroatoms. The van der Waals surface area contributed by atoms with Crippen LogP contribution in [-0.4, -0.2) is 64.5 Å². The molecule has 0 bridgehead atoms. The number of fused-ring (bicyclic) bond motifs is 1. The van der Waals surface area contributed by atoms with Crippen molar-refractivity contribution < 1.29 is 21.9 Å². The lowest BCUT2D eigenvalue weighted by Gasteiger charge is -2.22. The van der Waals surface area contributed by atoms with Crippen LogP contribution >= 0.6 is 0 Å². The third kappa shape index (κ3) is 5.44. The van der Waals surface area contributed by atoms with Crippen LogP contribution in [0.4, 0.5) is 5.69 Å². The first kappa shape index (κ1) is 24.2. The fraction of sp³-hybridized carbons (Fsp3) is 0.182. The molecular weight excluding hydrogens is 476 g/mol. The number of quaternary nitrogens is 1. The van der Waals surface area contributed by atoms with Gasteiger partial charge in [0.05, 0.1) is 11.4 Å². The molecule has 0 fully saturated rings. The van der Waals surface area contributed by atoms with Crippen molar-refractivity contribution in [3.63, 3.8) is 0 Å². The molecule has 2 aromatic heterocycles. The van der Waals surface area contributed by atoms with E-state index in [4.69, 9.17) is 21.9 Å². The van der Waals surface area contributed by atoms with Gasteiger partial charge in [0.25, 0.3) is 0 Å². The molecule has 0 radical (unpaired) electrons. The summed E-state index contributed by atoms with van der Waals surface area (Å²) in [5.74, 6) is 0. The van der Waals surface area contributed by atoms with E-state index in [0.717, 1.165) is 28.0 Å². The number of aromatic nitrogens is 3. The minimum atomic E-state index is -5.17. The highest BCUT2D eigenvalue weighted by atomic mass is 32.3. The zero-order valence-electron chi connectivity index (χ0n) is 19.0. The Balaban J connectivity index is 0.000000527. The van der Waals surface area contributed by atoms with Crippen LogP contribution in [0.3, 0.4) is 0 Å². The predicted octanol–water partition coefficient (Wildman–Crippen LogP) is 1.79. The third-order valence-corrected chi connectivity index (χ3v) is 5.28. The highest BCUT2D eigenvalue weighted by Gasteiger charge is 2.35. The van der Waals surface area contributed by atoms with Crippen LogP contribution in [-0.2, 0) is 10.4 Å². The summed E-state index contributed by atoms with van der Waals surface area (Å²) in [5.41, 5.74) is 3.96. The van der Waals surface area contributed by atoms with Crippen LogP contribution in [0.5, 0.6) is 0 Å². The summed E-state index contributed by atoms with van der Waals surface area (Å²) in [6.07, 6.45) is 1.72. The quantitative estimate of drug-likeness (QED) is 0.178. The molecule has 1 atom stereocenters. The van der Waals surface area contributed by atoms with Crippen LogP contribution in [0.15, 0.2) is 68.9 Å². The summed E-state index contributed by atoms with van der Waals surface area (Å²) in [4.78, 5) is 16.2. The Kier molecular flexibility index (Phi) is 6.25. The maximum absolute atomic E-state index is 12.7. The lowest BCUT2D eigenvalue weighted by molar-refractivity contribution is 0.292. The van der Waals surface area contributed by atoms with Gasteiger partial charge in [0.15, 0.2) is 13.0 Å². The molecule has 1 aliphatic rings. The molecule has 5 rings (SSSR count). The lowest BCUT2D eigenvalue weighted by atomic mass is 10.1. The molecule has 12 nitrogen and oxygen atoms in total. The second-order valence-electron chi connectivity index (χ2n) is 8.11. The molecule has 0 saturated heterocycles. The van der Waals surface area contributed by atoms with E-state index in [1.54, 1.807) is 17.2 Å². The van der Waals surface area contributed by atoms with E-state index in [-0.39, 0.29) is 4.59 Å². The SMILES string of the molecule is Cc1nn(-c2ccc3cc([N+]4(C)CN(C)C=N4)c(=O)oc3c2)nc1-c1ccccc1.O=S(=O)([O-])[O-]. The summed E-state index contributed by atoms with van der Waals surface area (Å²) in [6, 6.07) is 17.4. The van der Waals surface area contributed by atoms with E-state index in [1.807, 2.05) is 74.4 Å². The van der Waals surface area contributed by atoms with Gasteiger partial charge >= 0.3 is 5.63 Å². The number of aryl methyl sites for hydroxylation is 1. The summed E-state index contributed by atoms with van der Waals surface area (Å²) in [7, 11) is -1.36. The van der Waals surface area contributed by atoms with E-state index in [0.29, 0.717) is 17.9 Å². The van der Waals surface area contributed by atoms with Crippen molar-refractivity contribution in [1.82, 2.24) is 24.5 Å². The Labute approximate surface area is 200 Å². The van der Waals surface area contributed by atoms with E-state index in [1.165, 1.54) is 0 Å². The van der Waals surface area contributed by atoms with Crippen molar-refractivity contribution in [2.45, 2.75) is 6.92 Å². The maximum atomic E-state index is 12.7. The maximum Gasteiger partial charge on any atom is 0.400 e. The van der Waals surface area contributed by atoms with Crippen LogP contribution in [0.2, 0.25) is 0 Å². The Morgan fingerprint density at radius 2 is 1.74 bits per heavy atom. The predicted molar refractivity (Wildman–Crippen MR) is 127 cm³/mol. The van der Waals surface area contributed by atoms with Crippen molar-refractivity contribution in [3.8, 4) is 16.9 Å². The van der Waals surface area contributed by atoms with Crippen molar-refractivity contribution in [2.75, 3.05) is 20.8 Å². The Hall–Kier alpha value is -3.91. The lowest BCUT2D eigenvalue weighted by Crippen LogP contribution is -2.43. The van der Waals surface area contributed by atoms with E-state index >= 15 is 0 Å². The molecule has 0 spiro atoms. The van der Waals surface area contributed by atoms with Gasteiger partial charge in [0, 0.05) is 40.5 Å². The first-order valence-corrected chi connectivity index (χ1v) is 11.6. The van der Waals surface area contributed by atoms with Gasteiger partial charge in [-0.2, -0.15) is 9.90 Å². The number of hydrogen-bond donors (Lipinski definition) is 0. The molecule has 1 aliphatic heterocycles. The van der Waals surface area contributed by atoms with Gasteiger partial charge in [-0.1, -0.05) is 35.4 Å². The van der Waals surface area contributed by atoms with Crippen LogP contribution < -0.4 is 10.2 Å². The number of benzene rings is 2. The standard InChI is InChI=1S/C22H21N6O2.H2O4S/c1-15-21(16-7-5-4-6-8-16)25-27(24-15)18-10-9-17-11-19(22(29)30-20(17)12-18)28(3)14-26(2)13-23-28;1-5(2,3)4/h4-13H,14H2,1-3H3;(H2,1,2,3,4)/q+1;/p-2. The first-order valence-electron chi connectivity index (χ1n) is 10.3. The smallest absolute Gasteiger partial charge is 0.400 e. The molecule has 0 N–H and O–H groups in total. The van der Waals surface area contributed by atoms with Gasteiger partial charge in [0.2, 0.25) is 5.69 Å². The minimum Gasteiger partial charge on any atom is -0.759 e. The van der Waals surface area contributed by atoms with Gasteiger partial charge in [-0.25, -0.2) is 4.79 Å².